The van der Waals surface area contributed by atoms with E-state index in [2.05, 4.69) is 72.1 Å². The summed E-state index contributed by atoms with van der Waals surface area (Å²) in [6.07, 6.45) is 17.9. The molecule has 5 aliphatic rings. The van der Waals surface area contributed by atoms with E-state index in [1.807, 2.05) is 0 Å². The molecule has 2 amide bonds. The third-order valence-corrected chi connectivity index (χ3v) is 17.8. The van der Waals surface area contributed by atoms with E-state index < -0.39 is 54.1 Å². The third-order valence-electron chi connectivity index (χ3n) is 17.8. The molecular weight excluding hydrogens is 863 g/mol. The van der Waals surface area contributed by atoms with Crippen LogP contribution >= 0.6 is 0 Å². The highest BCUT2D eigenvalue weighted by atomic mass is 19.1. The number of carbonyl (C=O) groups excluding carboxylic acids is 2. The van der Waals surface area contributed by atoms with Crippen molar-refractivity contribution >= 4 is 12.0 Å². The lowest BCUT2D eigenvalue weighted by Gasteiger charge is -2.58. The molecule has 2 N–H and O–H groups in total. The molecule has 0 spiro atoms. The predicted molar refractivity (Wildman–Crippen MR) is 266 cm³/mol. The van der Waals surface area contributed by atoms with Gasteiger partial charge in [0.25, 0.3) is 0 Å². The highest BCUT2D eigenvalue weighted by molar-refractivity contribution is 5.80. The van der Waals surface area contributed by atoms with Crippen molar-refractivity contribution in [3.8, 4) is 0 Å². The SMILES string of the molecule is CCCCOC[C@H]1O[C@@H](c2cc(CNC(=O)C(C)C(C)NC(=O)O[C@H]3CC[C@@]4(C)C(=CCC5[C@@H]6CC[C@H]([C@H](C)CCCC(C)C)[C@@]6(C)CC[C@@H]54)C3)c(F)cc2F)[C@@H](OCCCC)C1OCCCC. The number of benzene rings is 1. The molecule has 14 atom stereocenters. The van der Waals surface area contributed by atoms with Crippen molar-refractivity contribution in [2.24, 2.45) is 52.3 Å². The lowest BCUT2D eigenvalue weighted by molar-refractivity contribution is -0.125. The van der Waals surface area contributed by atoms with E-state index in [0.29, 0.717) is 31.2 Å². The first-order valence-electron chi connectivity index (χ1n) is 27.4. The van der Waals surface area contributed by atoms with Gasteiger partial charge in [0.15, 0.2) is 0 Å². The summed E-state index contributed by atoms with van der Waals surface area (Å²) in [5, 5.41) is 5.75. The van der Waals surface area contributed by atoms with Gasteiger partial charge in [-0.15, -0.1) is 0 Å². The Morgan fingerprint density at radius 1 is 0.824 bits per heavy atom. The monoisotopic (exact) mass is 955 g/mol. The van der Waals surface area contributed by atoms with Gasteiger partial charge >= 0.3 is 6.09 Å². The number of allylic oxidation sites excluding steroid dienone is 1. The number of amides is 2. The number of ether oxygens (including phenoxy) is 5. The second kappa shape index (κ2) is 25.2. The van der Waals surface area contributed by atoms with E-state index in [-0.39, 0.29) is 41.7 Å². The average molecular weight is 955 g/mol. The zero-order valence-corrected chi connectivity index (χ0v) is 43.9. The van der Waals surface area contributed by atoms with Gasteiger partial charge in [-0.05, 0) is 124 Å². The minimum atomic E-state index is -0.867. The topological polar surface area (TPSA) is 104 Å². The zero-order chi connectivity index (χ0) is 49.2. The van der Waals surface area contributed by atoms with Crippen molar-refractivity contribution in [1.82, 2.24) is 10.6 Å². The number of nitrogens with one attached hydrogen (secondary N) is 2. The van der Waals surface area contributed by atoms with Crippen LogP contribution in [0.4, 0.5) is 13.6 Å². The molecule has 9 nitrogen and oxygen atoms in total. The van der Waals surface area contributed by atoms with Crippen LogP contribution in [0.25, 0.3) is 0 Å². The van der Waals surface area contributed by atoms with Gasteiger partial charge < -0.3 is 34.3 Å². The summed E-state index contributed by atoms with van der Waals surface area (Å²) in [6.45, 7) is 23.8. The highest BCUT2D eigenvalue weighted by Crippen LogP contribution is 2.67. The fraction of sp³-hybridized carbons (Fsp3) is 0.825. The Bertz CT molecular complexity index is 1810. The van der Waals surface area contributed by atoms with E-state index in [1.54, 1.807) is 13.8 Å². The molecular formula is C57H92F2N2O7. The molecule has 4 aliphatic carbocycles. The number of alkyl carbamates (subject to hydrolysis) is 1. The molecule has 0 aromatic heterocycles. The fourth-order valence-corrected chi connectivity index (χ4v) is 13.5. The van der Waals surface area contributed by atoms with Crippen LogP contribution in [0.3, 0.4) is 0 Å². The molecule has 1 heterocycles. The number of fused-ring (bicyclic) bond motifs is 5. The molecule has 1 aromatic rings. The van der Waals surface area contributed by atoms with E-state index in [4.69, 9.17) is 23.7 Å². The fourth-order valence-electron chi connectivity index (χ4n) is 13.5. The molecule has 1 aliphatic heterocycles. The van der Waals surface area contributed by atoms with Gasteiger partial charge in [-0.3, -0.25) is 4.79 Å². The molecule has 68 heavy (non-hydrogen) atoms. The second-order valence-corrected chi connectivity index (χ2v) is 22.9. The number of halogens is 2. The van der Waals surface area contributed by atoms with Crippen LogP contribution in [0.2, 0.25) is 0 Å². The summed E-state index contributed by atoms with van der Waals surface area (Å²) in [5.41, 5.74) is 2.33. The van der Waals surface area contributed by atoms with Gasteiger partial charge in [0.05, 0.1) is 12.5 Å². The van der Waals surface area contributed by atoms with Gasteiger partial charge in [0.2, 0.25) is 5.91 Å². The summed E-state index contributed by atoms with van der Waals surface area (Å²) in [7, 11) is 0. The molecule has 0 bridgehead atoms. The normalized spacial score (nSPS) is 32.4. The molecule has 4 unspecified atom stereocenters. The van der Waals surface area contributed by atoms with Crippen LogP contribution in [-0.2, 0) is 35.0 Å². The molecule has 1 aromatic carbocycles. The Balaban J connectivity index is 1.02. The summed E-state index contributed by atoms with van der Waals surface area (Å²) < 4.78 is 62.5. The summed E-state index contributed by atoms with van der Waals surface area (Å²) in [6, 6.07) is 1.73. The standard InChI is InChI=1S/C57H92F2N2O7/c1-11-14-28-64-35-50-52(65-29-15-12-2)53(66-30-16-13-3)51(68-50)44-31-40(48(58)33-49(44)59)34-60-54(62)38(7)39(8)61-55(63)67-42-24-26-56(9)41(32-42)20-21-43-46-23-22-45(37(6)19-17-18-36(4)5)57(46,10)27-25-47(43)56/h20,31,33,36-39,42-43,45-47,50-53H,11-19,21-30,32,34-35H2,1-10H3,(H,60,62)(H,61,63)/t37-,38?,39?,42+,43?,45-,46+,47+,50-,51+,52?,53-,56+,57-/m1/s1. The van der Waals surface area contributed by atoms with Gasteiger partial charge in [0, 0.05) is 56.0 Å². The van der Waals surface area contributed by atoms with Crippen LogP contribution in [0.15, 0.2) is 23.8 Å². The first-order valence-corrected chi connectivity index (χ1v) is 27.4. The first-order chi connectivity index (χ1) is 32.6. The lowest BCUT2D eigenvalue weighted by atomic mass is 9.47. The van der Waals surface area contributed by atoms with Crippen LogP contribution in [-0.4, -0.2) is 68.9 Å². The highest BCUT2D eigenvalue weighted by Gasteiger charge is 2.59. The number of carbonyl (C=O) groups is 2. The van der Waals surface area contributed by atoms with Crippen LogP contribution < -0.4 is 10.6 Å². The minimum Gasteiger partial charge on any atom is -0.446 e. The van der Waals surface area contributed by atoms with Crippen molar-refractivity contribution < 1.29 is 42.1 Å². The van der Waals surface area contributed by atoms with Crippen molar-refractivity contribution in [2.75, 3.05) is 26.4 Å². The molecule has 11 heteroatoms. The Morgan fingerprint density at radius 3 is 2.24 bits per heavy atom. The van der Waals surface area contributed by atoms with Crippen molar-refractivity contribution in [3.05, 3.63) is 46.5 Å². The lowest BCUT2D eigenvalue weighted by Crippen LogP contribution is -2.51. The van der Waals surface area contributed by atoms with Crippen LogP contribution in [0, 0.1) is 63.9 Å². The van der Waals surface area contributed by atoms with Crippen molar-refractivity contribution in [1.29, 1.82) is 0 Å². The quantitative estimate of drug-likeness (QED) is 0.0743. The van der Waals surface area contributed by atoms with Crippen molar-refractivity contribution in [3.63, 3.8) is 0 Å². The summed E-state index contributed by atoms with van der Waals surface area (Å²) in [4.78, 5) is 26.9. The Morgan fingerprint density at radius 2 is 1.53 bits per heavy atom. The van der Waals surface area contributed by atoms with Crippen molar-refractivity contribution in [2.45, 2.75) is 221 Å². The number of hydrogen-bond acceptors (Lipinski definition) is 7. The van der Waals surface area contributed by atoms with Crippen LogP contribution in [0.5, 0.6) is 0 Å². The van der Waals surface area contributed by atoms with E-state index in [0.717, 1.165) is 99.9 Å². The molecule has 1 saturated heterocycles. The Kier molecular flexibility index (Phi) is 20.3. The number of hydrogen-bond donors (Lipinski definition) is 2. The number of rotatable bonds is 25. The average Bonchev–Trinajstić information content (AvgIpc) is 3.83. The van der Waals surface area contributed by atoms with Gasteiger partial charge in [-0.1, -0.05) is 112 Å². The largest absolute Gasteiger partial charge is 0.446 e. The Labute approximate surface area is 410 Å². The molecule has 6 rings (SSSR count). The maximum atomic E-state index is 15.8. The van der Waals surface area contributed by atoms with E-state index >= 15 is 8.78 Å². The maximum Gasteiger partial charge on any atom is 0.407 e. The molecule has 4 fully saturated rings. The van der Waals surface area contributed by atoms with Gasteiger partial charge in [-0.25, -0.2) is 13.6 Å². The smallest absolute Gasteiger partial charge is 0.407 e. The summed E-state index contributed by atoms with van der Waals surface area (Å²) >= 11 is 0. The predicted octanol–water partition coefficient (Wildman–Crippen LogP) is 13.4. The third kappa shape index (κ3) is 12.9. The molecule has 0 radical (unpaired) electrons. The van der Waals surface area contributed by atoms with E-state index in [9.17, 15) is 9.59 Å². The molecule has 386 valence electrons. The van der Waals surface area contributed by atoms with E-state index in [1.165, 1.54) is 56.6 Å². The second-order valence-electron chi connectivity index (χ2n) is 22.9. The number of unbranched alkanes of at least 4 members (excludes halogenated alkanes) is 3. The maximum absolute atomic E-state index is 15.8. The van der Waals surface area contributed by atoms with Crippen LogP contribution in [0.1, 0.15) is 196 Å². The zero-order valence-electron chi connectivity index (χ0n) is 43.9. The Hall–Kier alpha value is -2.60. The van der Waals surface area contributed by atoms with Gasteiger partial charge in [0.1, 0.15) is 42.2 Å². The first kappa shape index (κ1) is 54.7. The molecule has 3 saturated carbocycles. The summed E-state index contributed by atoms with van der Waals surface area (Å²) in [5.74, 6) is 2.09. The minimum absolute atomic E-state index is 0.119. The van der Waals surface area contributed by atoms with Gasteiger partial charge in [-0.2, -0.15) is 0 Å².